The molecule has 0 unspecified atom stereocenters. The number of fused-ring (bicyclic) bond motifs is 1. The number of pyridine rings is 1. The predicted octanol–water partition coefficient (Wildman–Crippen LogP) is 5.63. The van der Waals surface area contributed by atoms with Crippen LogP contribution in [-0.4, -0.2) is 22.2 Å². The zero-order chi connectivity index (χ0) is 19.6. The normalized spacial score (nSPS) is 12.1. The number of ether oxygens (including phenoxy) is 1. The number of aryl methyl sites for hydroxylation is 2. The van der Waals surface area contributed by atoms with Gasteiger partial charge in [0.15, 0.2) is 0 Å². The van der Waals surface area contributed by atoms with Crippen molar-refractivity contribution in [3.63, 3.8) is 0 Å². The van der Waals surface area contributed by atoms with Crippen LogP contribution in [0.5, 0.6) is 11.5 Å². The Labute approximate surface area is 165 Å². The van der Waals surface area contributed by atoms with Gasteiger partial charge in [0.25, 0.3) is 0 Å². The minimum absolute atomic E-state index is 0.186. The van der Waals surface area contributed by atoms with Crippen LogP contribution < -0.4 is 4.74 Å². The summed E-state index contributed by atoms with van der Waals surface area (Å²) in [4.78, 5) is 15.3. The van der Waals surface area contributed by atoms with Gasteiger partial charge in [-0.05, 0) is 76.8 Å². The van der Waals surface area contributed by atoms with Crippen molar-refractivity contribution in [2.24, 2.45) is 0 Å². The Morgan fingerprint density at radius 2 is 2.04 bits per heavy atom. The van der Waals surface area contributed by atoms with Crippen molar-refractivity contribution in [2.75, 3.05) is 0 Å². The Kier molecular flexibility index (Phi) is 5.75. The summed E-state index contributed by atoms with van der Waals surface area (Å²) in [5, 5.41) is 9.71. The fourth-order valence-corrected chi connectivity index (χ4v) is 3.37. The van der Waals surface area contributed by atoms with Crippen LogP contribution in [0.2, 0.25) is 0 Å². The molecule has 3 rings (SSSR count). The molecule has 1 heterocycles. The summed E-state index contributed by atoms with van der Waals surface area (Å²) in [5.74, 6) is -0.226. The first kappa shape index (κ1) is 19.3. The molecule has 4 nitrogen and oxygen atoms in total. The number of alkyl halides is 1. The molecule has 140 valence electrons. The van der Waals surface area contributed by atoms with E-state index >= 15 is 0 Å². The highest BCUT2D eigenvalue weighted by atomic mass is 79.9. The van der Waals surface area contributed by atoms with E-state index in [1.54, 1.807) is 18.2 Å². The molecule has 0 fully saturated rings. The summed E-state index contributed by atoms with van der Waals surface area (Å²) >= 11 is 3.41. The van der Waals surface area contributed by atoms with Gasteiger partial charge in [-0.3, -0.25) is 4.98 Å². The number of carboxylic acids is 1. The smallest absolute Gasteiger partial charge is 0.338 e. The van der Waals surface area contributed by atoms with Gasteiger partial charge >= 0.3 is 5.97 Å². The van der Waals surface area contributed by atoms with Crippen molar-refractivity contribution in [1.82, 2.24) is 4.98 Å². The van der Waals surface area contributed by atoms with Gasteiger partial charge in [0.05, 0.1) is 9.99 Å². The third-order valence-electron chi connectivity index (χ3n) is 4.31. The number of aliphatic carboxylic acids is 1. The standard InChI is InChI=1S/C21H19BrFNO3/c1-3-14-8-12(2)16-11-15(5-6-19(16)24-14)27-20-7-4-13(9-17(20)22)10-18(23)21(25)26/h4-9,11,18H,3,10H2,1-2H3,(H,25,26)/t18-/m0/s1. The molecular formula is C21H19BrFNO3. The van der Waals surface area contributed by atoms with E-state index in [4.69, 9.17) is 9.84 Å². The van der Waals surface area contributed by atoms with E-state index in [-0.39, 0.29) is 6.42 Å². The van der Waals surface area contributed by atoms with Crippen LogP contribution in [0.1, 0.15) is 23.7 Å². The number of carbonyl (C=O) groups is 1. The molecule has 0 amide bonds. The molecule has 0 aliphatic heterocycles. The number of benzene rings is 2. The molecule has 0 radical (unpaired) electrons. The average Bonchev–Trinajstić information content (AvgIpc) is 2.64. The van der Waals surface area contributed by atoms with Crippen LogP contribution in [0.15, 0.2) is 46.9 Å². The van der Waals surface area contributed by atoms with Gasteiger partial charge in [-0.2, -0.15) is 0 Å². The van der Waals surface area contributed by atoms with Crippen LogP contribution in [0, 0.1) is 6.92 Å². The maximum absolute atomic E-state index is 13.4. The van der Waals surface area contributed by atoms with Crippen LogP contribution in [-0.2, 0) is 17.6 Å². The number of hydrogen-bond acceptors (Lipinski definition) is 3. The highest BCUT2D eigenvalue weighted by molar-refractivity contribution is 9.10. The number of nitrogens with zero attached hydrogens (tertiary/aromatic N) is 1. The summed E-state index contributed by atoms with van der Waals surface area (Å²) < 4.78 is 20.0. The fourth-order valence-electron chi connectivity index (χ4n) is 2.86. The molecule has 2 aromatic carbocycles. The molecule has 0 aliphatic rings. The molecule has 0 saturated heterocycles. The van der Waals surface area contributed by atoms with E-state index in [1.165, 1.54) is 0 Å². The Morgan fingerprint density at radius 1 is 1.26 bits per heavy atom. The van der Waals surface area contributed by atoms with E-state index in [9.17, 15) is 9.18 Å². The van der Waals surface area contributed by atoms with E-state index in [2.05, 4.69) is 33.9 Å². The highest BCUT2D eigenvalue weighted by Gasteiger charge is 2.17. The van der Waals surface area contributed by atoms with Gasteiger partial charge in [-0.15, -0.1) is 0 Å². The Hall–Kier alpha value is -2.47. The molecule has 1 aromatic heterocycles. The SMILES string of the molecule is CCc1cc(C)c2cc(Oc3ccc(C[C@H](F)C(=O)O)cc3Br)ccc2n1. The first-order chi connectivity index (χ1) is 12.9. The highest BCUT2D eigenvalue weighted by Crippen LogP contribution is 2.33. The second kappa shape index (κ2) is 8.05. The zero-order valence-corrected chi connectivity index (χ0v) is 16.6. The number of aromatic nitrogens is 1. The lowest BCUT2D eigenvalue weighted by Gasteiger charge is -2.12. The summed E-state index contributed by atoms with van der Waals surface area (Å²) in [6, 6.07) is 12.8. The van der Waals surface area contributed by atoms with E-state index in [1.807, 2.05) is 25.1 Å². The molecule has 3 aromatic rings. The second-order valence-corrected chi connectivity index (χ2v) is 7.19. The maximum atomic E-state index is 13.4. The third kappa shape index (κ3) is 4.45. The monoisotopic (exact) mass is 431 g/mol. The lowest BCUT2D eigenvalue weighted by Crippen LogP contribution is -2.17. The van der Waals surface area contributed by atoms with Crippen molar-refractivity contribution >= 4 is 32.8 Å². The second-order valence-electron chi connectivity index (χ2n) is 6.34. The van der Waals surface area contributed by atoms with Crippen LogP contribution in [0.3, 0.4) is 0 Å². The average molecular weight is 432 g/mol. The van der Waals surface area contributed by atoms with E-state index in [0.29, 0.717) is 21.5 Å². The number of halogens is 2. The number of hydrogen-bond donors (Lipinski definition) is 1. The molecule has 6 heteroatoms. The van der Waals surface area contributed by atoms with Gasteiger partial charge in [0.2, 0.25) is 6.17 Å². The topological polar surface area (TPSA) is 59.4 Å². The number of carboxylic acid groups (broad SMARTS) is 1. The Balaban J connectivity index is 1.84. The van der Waals surface area contributed by atoms with Crippen molar-refractivity contribution in [1.29, 1.82) is 0 Å². The molecule has 0 bridgehead atoms. The Bertz CT molecular complexity index is 1010. The van der Waals surface area contributed by atoms with Gasteiger partial charge in [0.1, 0.15) is 11.5 Å². The summed E-state index contributed by atoms with van der Waals surface area (Å²) in [6.45, 7) is 4.13. The predicted molar refractivity (Wildman–Crippen MR) is 106 cm³/mol. The lowest BCUT2D eigenvalue weighted by atomic mass is 10.1. The first-order valence-electron chi connectivity index (χ1n) is 8.60. The molecule has 0 spiro atoms. The van der Waals surface area contributed by atoms with E-state index in [0.717, 1.165) is 28.6 Å². The largest absolute Gasteiger partial charge is 0.479 e. The third-order valence-corrected chi connectivity index (χ3v) is 4.93. The van der Waals surface area contributed by atoms with Gasteiger partial charge in [0, 0.05) is 17.5 Å². The zero-order valence-electron chi connectivity index (χ0n) is 15.0. The molecule has 27 heavy (non-hydrogen) atoms. The van der Waals surface area contributed by atoms with Gasteiger partial charge < -0.3 is 9.84 Å². The van der Waals surface area contributed by atoms with Crippen LogP contribution in [0.4, 0.5) is 4.39 Å². The minimum atomic E-state index is -1.92. The molecule has 0 aliphatic carbocycles. The molecule has 1 atom stereocenters. The molecule has 1 N–H and O–H groups in total. The molecular weight excluding hydrogens is 413 g/mol. The summed E-state index contributed by atoms with van der Waals surface area (Å²) in [7, 11) is 0. The van der Waals surface area contributed by atoms with E-state index < -0.39 is 12.1 Å². The Morgan fingerprint density at radius 3 is 2.70 bits per heavy atom. The van der Waals surface area contributed by atoms with Crippen LogP contribution in [0.25, 0.3) is 10.9 Å². The minimum Gasteiger partial charge on any atom is -0.479 e. The van der Waals surface area contributed by atoms with Gasteiger partial charge in [-0.25, -0.2) is 9.18 Å². The van der Waals surface area contributed by atoms with Crippen molar-refractivity contribution in [3.05, 3.63) is 63.8 Å². The van der Waals surface area contributed by atoms with Crippen LogP contribution >= 0.6 is 15.9 Å². The summed E-state index contributed by atoms with van der Waals surface area (Å²) in [5.41, 5.74) is 3.70. The van der Waals surface area contributed by atoms with Crippen molar-refractivity contribution < 1.29 is 19.0 Å². The quantitative estimate of drug-likeness (QED) is 0.549. The number of rotatable bonds is 6. The molecule has 0 saturated carbocycles. The fraction of sp³-hybridized carbons (Fsp3) is 0.238. The maximum Gasteiger partial charge on any atom is 0.338 e. The van der Waals surface area contributed by atoms with Crippen molar-refractivity contribution in [2.45, 2.75) is 32.9 Å². The lowest BCUT2D eigenvalue weighted by molar-refractivity contribution is -0.142. The first-order valence-corrected chi connectivity index (χ1v) is 9.40. The van der Waals surface area contributed by atoms with Gasteiger partial charge in [-0.1, -0.05) is 13.0 Å². The van der Waals surface area contributed by atoms with Crippen molar-refractivity contribution in [3.8, 4) is 11.5 Å². The summed E-state index contributed by atoms with van der Waals surface area (Å²) in [6.07, 6.45) is -1.22.